The second-order valence-corrected chi connectivity index (χ2v) is 9.39. The molecule has 1 fully saturated rings. The van der Waals surface area contributed by atoms with Gasteiger partial charge in [-0.15, -0.1) is 11.3 Å². The Morgan fingerprint density at radius 2 is 1.83 bits per heavy atom. The SMILES string of the molecule is Cc1cc(C)c(COc2ccc(C=C3SC(=N)C(c4nccs4)C3=O)cc2)c(C)c1. The van der Waals surface area contributed by atoms with Crippen LogP contribution in [0.1, 0.15) is 38.7 Å². The van der Waals surface area contributed by atoms with E-state index < -0.39 is 5.92 Å². The van der Waals surface area contributed by atoms with Gasteiger partial charge in [-0.1, -0.05) is 41.6 Å². The number of ether oxygens (including phenoxy) is 1. The molecule has 1 unspecified atom stereocenters. The molecule has 1 aliphatic heterocycles. The van der Waals surface area contributed by atoms with E-state index in [1.165, 1.54) is 45.4 Å². The van der Waals surface area contributed by atoms with Crippen LogP contribution >= 0.6 is 23.1 Å². The van der Waals surface area contributed by atoms with Gasteiger partial charge >= 0.3 is 0 Å². The Labute approximate surface area is 184 Å². The maximum absolute atomic E-state index is 12.7. The number of allylic oxidation sites excluding steroid dienone is 1. The molecule has 1 N–H and O–H groups in total. The molecule has 4 rings (SSSR count). The van der Waals surface area contributed by atoms with E-state index in [1.54, 1.807) is 6.20 Å². The van der Waals surface area contributed by atoms with Gasteiger partial charge in [0.1, 0.15) is 23.3 Å². The fraction of sp³-hybridized carbons (Fsp3) is 0.208. The lowest BCUT2D eigenvalue weighted by molar-refractivity contribution is -0.114. The molecule has 0 amide bonds. The van der Waals surface area contributed by atoms with Crippen molar-refractivity contribution in [2.75, 3.05) is 0 Å². The highest BCUT2D eigenvalue weighted by Crippen LogP contribution is 2.41. The number of aromatic nitrogens is 1. The first-order valence-corrected chi connectivity index (χ1v) is 11.3. The number of Topliss-reactive ketones (excluding diaryl/α,β-unsaturated/α-hetero) is 1. The quantitative estimate of drug-likeness (QED) is 0.495. The summed E-state index contributed by atoms with van der Waals surface area (Å²) in [6.45, 7) is 6.85. The highest BCUT2D eigenvalue weighted by molar-refractivity contribution is 8.19. The van der Waals surface area contributed by atoms with E-state index in [0.29, 0.717) is 21.6 Å². The molecule has 6 heteroatoms. The van der Waals surface area contributed by atoms with Gasteiger partial charge in [-0.25, -0.2) is 4.98 Å². The van der Waals surface area contributed by atoms with Gasteiger partial charge in [0.15, 0.2) is 5.78 Å². The molecule has 1 saturated heterocycles. The first-order valence-electron chi connectivity index (χ1n) is 9.63. The Morgan fingerprint density at radius 1 is 1.13 bits per heavy atom. The van der Waals surface area contributed by atoms with Crippen molar-refractivity contribution in [1.82, 2.24) is 4.98 Å². The van der Waals surface area contributed by atoms with Crippen molar-refractivity contribution in [2.24, 2.45) is 0 Å². The molecular weight excluding hydrogens is 412 g/mol. The van der Waals surface area contributed by atoms with Crippen molar-refractivity contribution in [3.05, 3.63) is 85.7 Å². The minimum Gasteiger partial charge on any atom is -0.489 e. The first kappa shape index (κ1) is 20.6. The molecule has 0 aliphatic carbocycles. The Morgan fingerprint density at radius 3 is 2.47 bits per heavy atom. The van der Waals surface area contributed by atoms with Crippen molar-refractivity contribution >= 4 is 40.0 Å². The maximum Gasteiger partial charge on any atom is 0.186 e. The van der Waals surface area contributed by atoms with Gasteiger partial charge in [0, 0.05) is 11.6 Å². The molecule has 4 nitrogen and oxygen atoms in total. The van der Waals surface area contributed by atoms with Gasteiger partial charge in [0.25, 0.3) is 0 Å². The average Bonchev–Trinajstić information content (AvgIpc) is 3.30. The van der Waals surface area contributed by atoms with Gasteiger partial charge in [0.05, 0.1) is 9.95 Å². The zero-order chi connectivity index (χ0) is 21.3. The third kappa shape index (κ3) is 4.25. The topological polar surface area (TPSA) is 63.0 Å². The van der Waals surface area contributed by atoms with Crippen LogP contribution in [-0.2, 0) is 11.4 Å². The van der Waals surface area contributed by atoms with Gasteiger partial charge in [-0.05, 0) is 61.2 Å². The molecule has 1 aromatic heterocycles. The number of carbonyl (C=O) groups is 1. The molecule has 30 heavy (non-hydrogen) atoms. The summed E-state index contributed by atoms with van der Waals surface area (Å²) in [6.07, 6.45) is 3.51. The van der Waals surface area contributed by atoms with Crippen LogP contribution in [0.5, 0.6) is 5.75 Å². The molecule has 0 spiro atoms. The first-order chi connectivity index (χ1) is 14.4. The summed E-state index contributed by atoms with van der Waals surface area (Å²) in [6, 6.07) is 12.1. The summed E-state index contributed by atoms with van der Waals surface area (Å²) >= 11 is 2.64. The number of nitrogens with zero attached hydrogens (tertiary/aromatic N) is 1. The van der Waals surface area contributed by atoms with Crippen LogP contribution in [0.15, 0.2) is 52.9 Å². The number of hydrogen-bond acceptors (Lipinski definition) is 6. The standard InChI is InChI=1S/C24H22N2O2S2/c1-14-10-15(2)19(16(3)11-14)13-28-18-6-4-17(5-7-18)12-20-22(27)21(23(25)30-20)24-26-8-9-29-24/h4-12,21,25H,13H2,1-3H3. The summed E-state index contributed by atoms with van der Waals surface area (Å²) in [4.78, 5) is 17.5. The summed E-state index contributed by atoms with van der Waals surface area (Å²) in [7, 11) is 0. The normalized spacial score (nSPS) is 17.7. The second kappa shape index (κ2) is 8.58. The molecule has 152 valence electrons. The third-order valence-electron chi connectivity index (χ3n) is 5.09. The average molecular weight is 435 g/mol. The van der Waals surface area contributed by atoms with Crippen molar-refractivity contribution in [3.63, 3.8) is 0 Å². The van der Waals surface area contributed by atoms with Crippen molar-refractivity contribution < 1.29 is 9.53 Å². The number of thiazole rings is 1. The molecule has 1 aliphatic rings. The minimum atomic E-state index is -0.551. The van der Waals surface area contributed by atoms with Gasteiger partial charge in [-0.3, -0.25) is 10.2 Å². The van der Waals surface area contributed by atoms with Crippen LogP contribution in [0.3, 0.4) is 0 Å². The Balaban J connectivity index is 1.45. The number of hydrogen-bond donors (Lipinski definition) is 1. The third-order valence-corrected chi connectivity index (χ3v) is 6.92. The number of ketones is 1. The lowest BCUT2D eigenvalue weighted by Crippen LogP contribution is -2.11. The predicted molar refractivity (Wildman–Crippen MR) is 125 cm³/mol. The number of carbonyl (C=O) groups excluding carboxylic acids is 1. The van der Waals surface area contributed by atoms with Crippen LogP contribution in [0.4, 0.5) is 0 Å². The Kier molecular flexibility index (Phi) is 5.88. The minimum absolute atomic E-state index is 0.0504. The predicted octanol–water partition coefficient (Wildman–Crippen LogP) is 6.07. The van der Waals surface area contributed by atoms with E-state index in [0.717, 1.165) is 11.3 Å². The summed E-state index contributed by atoms with van der Waals surface area (Å²) in [5, 5.41) is 11.0. The fourth-order valence-corrected chi connectivity index (χ4v) is 5.40. The van der Waals surface area contributed by atoms with Crippen molar-refractivity contribution in [2.45, 2.75) is 33.3 Å². The van der Waals surface area contributed by atoms with Crippen molar-refractivity contribution in [3.8, 4) is 5.75 Å². The van der Waals surface area contributed by atoms with Crippen LogP contribution < -0.4 is 4.74 Å². The van der Waals surface area contributed by atoms with Crippen LogP contribution in [0, 0.1) is 26.2 Å². The zero-order valence-corrected chi connectivity index (χ0v) is 18.7. The van der Waals surface area contributed by atoms with Crippen LogP contribution in [0.25, 0.3) is 6.08 Å². The van der Waals surface area contributed by atoms with Gasteiger partial charge < -0.3 is 4.74 Å². The molecular formula is C24H22N2O2S2. The summed E-state index contributed by atoms with van der Waals surface area (Å²) in [5.41, 5.74) is 5.86. The maximum atomic E-state index is 12.7. The number of benzene rings is 2. The summed E-state index contributed by atoms with van der Waals surface area (Å²) < 4.78 is 5.99. The lowest BCUT2D eigenvalue weighted by Gasteiger charge is -2.13. The molecule has 2 heterocycles. The number of rotatable bonds is 5. The molecule has 2 aromatic carbocycles. The van der Waals surface area contributed by atoms with Gasteiger partial charge in [0.2, 0.25) is 0 Å². The number of thioether (sulfide) groups is 1. The molecule has 0 saturated carbocycles. The van der Waals surface area contributed by atoms with E-state index in [2.05, 4.69) is 37.9 Å². The van der Waals surface area contributed by atoms with E-state index in [1.807, 2.05) is 35.7 Å². The smallest absolute Gasteiger partial charge is 0.186 e. The molecule has 0 bridgehead atoms. The highest BCUT2D eigenvalue weighted by Gasteiger charge is 2.38. The molecule has 1 atom stereocenters. The lowest BCUT2D eigenvalue weighted by atomic mass is 10.0. The largest absolute Gasteiger partial charge is 0.489 e. The van der Waals surface area contributed by atoms with E-state index >= 15 is 0 Å². The number of nitrogens with one attached hydrogen (secondary N) is 1. The highest BCUT2D eigenvalue weighted by atomic mass is 32.2. The Hall–Kier alpha value is -2.70. The van der Waals surface area contributed by atoms with Crippen molar-refractivity contribution in [1.29, 1.82) is 5.41 Å². The van der Waals surface area contributed by atoms with Gasteiger partial charge in [-0.2, -0.15) is 0 Å². The van der Waals surface area contributed by atoms with E-state index in [-0.39, 0.29) is 5.78 Å². The summed E-state index contributed by atoms with van der Waals surface area (Å²) in [5.74, 6) is 0.186. The molecule has 3 aromatic rings. The fourth-order valence-electron chi connectivity index (χ4n) is 3.60. The monoisotopic (exact) mass is 434 g/mol. The van der Waals surface area contributed by atoms with Crippen LogP contribution in [-0.4, -0.2) is 15.8 Å². The van der Waals surface area contributed by atoms with E-state index in [9.17, 15) is 4.79 Å². The van der Waals surface area contributed by atoms with E-state index in [4.69, 9.17) is 10.1 Å². The zero-order valence-electron chi connectivity index (χ0n) is 17.1. The number of aryl methyl sites for hydroxylation is 3. The van der Waals surface area contributed by atoms with Crippen LogP contribution in [0.2, 0.25) is 0 Å². The Bertz CT molecular complexity index is 1110. The second-order valence-electron chi connectivity index (χ2n) is 7.38. The molecule has 0 radical (unpaired) electrons.